The van der Waals surface area contributed by atoms with Crippen molar-refractivity contribution in [1.29, 1.82) is 0 Å². The van der Waals surface area contributed by atoms with E-state index in [1.165, 1.54) is 9.80 Å². The highest BCUT2D eigenvalue weighted by molar-refractivity contribution is 14.1. The van der Waals surface area contributed by atoms with Crippen molar-refractivity contribution in [2.75, 3.05) is 4.90 Å². The smallest absolute Gasteiger partial charge is 0.257 e. The van der Waals surface area contributed by atoms with Gasteiger partial charge in [0.15, 0.2) is 0 Å². The molecule has 0 aliphatic carbocycles. The third-order valence-corrected chi connectivity index (χ3v) is 6.30. The van der Waals surface area contributed by atoms with Gasteiger partial charge in [-0.2, -0.15) is 0 Å². The average Bonchev–Trinajstić information content (AvgIpc) is 3.07. The number of anilines is 1. The molecule has 0 saturated carbocycles. The van der Waals surface area contributed by atoms with Crippen LogP contribution in [0.3, 0.4) is 0 Å². The summed E-state index contributed by atoms with van der Waals surface area (Å²) in [6, 6.07) is 21.5. The quantitative estimate of drug-likeness (QED) is 0.344. The first-order chi connectivity index (χ1) is 15.3. The summed E-state index contributed by atoms with van der Waals surface area (Å²) < 4.78 is 1.01. The lowest BCUT2D eigenvalue weighted by atomic mass is 10.1. The maximum atomic E-state index is 13.5. The number of carbonyl (C=O) groups is 3. The second kappa shape index (κ2) is 9.24. The summed E-state index contributed by atoms with van der Waals surface area (Å²) in [5.74, 6) is -0.929. The molecule has 0 spiro atoms. The number of nitrogens with zero attached hydrogens (tertiary/aromatic N) is 2. The molecule has 1 fully saturated rings. The van der Waals surface area contributed by atoms with E-state index in [1.54, 1.807) is 18.2 Å². The van der Waals surface area contributed by atoms with Crippen LogP contribution < -0.4 is 4.90 Å². The Bertz CT molecular complexity index is 1170. The Morgan fingerprint density at radius 2 is 1.66 bits per heavy atom. The van der Waals surface area contributed by atoms with Crippen LogP contribution in [-0.4, -0.2) is 28.7 Å². The molecular weight excluding hydrogens is 515 g/mol. The average molecular weight is 538 g/mol. The first-order valence-electron chi connectivity index (χ1n) is 10.4. The lowest BCUT2D eigenvalue weighted by Gasteiger charge is -2.28. The molecule has 1 unspecified atom stereocenters. The topological polar surface area (TPSA) is 57.7 Å². The van der Waals surface area contributed by atoms with Gasteiger partial charge in [-0.25, -0.2) is 4.90 Å². The van der Waals surface area contributed by atoms with Crippen molar-refractivity contribution in [2.24, 2.45) is 0 Å². The molecule has 0 aromatic heterocycles. The second-order valence-corrected chi connectivity index (χ2v) is 9.30. The van der Waals surface area contributed by atoms with Gasteiger partial charge in [-0.05, 0) is 78.4 Å². The molecule has 6 heteroatoms. The maximum Gasteiger partial charge on any atom is 0.257 e. The first kappa shape index (κ1) is 22.2. The van der Waals surface area contributed by atoms with Gasteiger partial charge in [-0.15, -0.1) is 0 Å². The van der Waals surface area contributed by atoms with Crippen molar-refractivity contribution >= 4 is 46.0 Å². The number of halogens is 1. The Hall–Kier alpha value is -3.00. The fraction of sp³-hybridized carbons (Fsp3) is 0.192. The van der Waals surface area contributed by atoms with Crippen molar-refractivity contribution in [3.8, 4) is 0 Å². The van der Waals surface area contributed by atoms with Crippen molar-refractivity contribution in [1.82, 2.24) is 4.90 Å². The summed E-state index contributed by atoms with van der Waals surface area (Å²) in [7, 11) is 0. The van der Waals surface area contributed by atoms with E-state index in [-0.39, 0.29) is 30.7 Å². The number of imide groups is 1. The van der Waals surface area contributed by atoms with Crippen molar-refractivity contribution < 1.29 is 14.4 Å². The Morgan fingerprint density at radius 3 is 2.31 bits per heavy atom. The van der Waals surface area contributed by atoms with E-state index in [1.807, 2.05) is 68.4 Å². The van der Waals surface area contributed by atoms with E-state index < -0.39 is 6.04 Å². The molecule has 5 nitrogen and oxygen atoms in total. The van der Waals surface area contributed by atoms with Crippen molar-refractivity contribution in [3.05, 3.63) is 98.6 Å². The first-order valence-corrected chi connectivity index (χ1v) is 11.5. The number of hydrogen-bond acceptors (Lipinski definition) is 3. The highest BCUT2D eigenvalue weighted by Crippen LogP contribution is 2.28. The zero-order valence-electron chi connectivity index (χ0n) is 17.9. The lowest BCUT2D eigenvalue weighted by Crippen LogP contribution is -2.45. The molecule has 0 bridgehead atoms. The Morgan fingerprint density at radius 1 is 0.969 bits per heavy atom. The van der Waals surface area contributed by atoms with Gasteiger partial charge in [0.2, 0.25) is 5.91 Å². The summed E-state index contributed by atoms with van der Waals surface area (Å²) in [6.07, 6.45) is -0.0335. The van der Waals surface area contributed by atoms with E-state index in [0.717, 1.165) is 20.3 Å². The third-order valence-electron chi connectivity index (χ3n) is 5.58. The number of rotatable bonds is 5. The monoisotopic (exact) mass is 538 g/mol. The third kappa shape index (κ3) is 4.60. The highest BCUT2D eigenvalue weighted by atomic mass is 127. The minimum atomic E-state index is -0.851. The van der Waals surface area contributed by atoms with Crippen LogP contribution in [0.25, 0.3) is 0 Å². The standard InChI is InChI=1S/C26H23IN2O3/c1-17-6-8-19(9-7-17)16-28(25(31)20-5-3-4-18(2)14-20)23-15-24(30)29(26(23)32)22-12-10-21(27)11-13-22/h3-14,23H,15-16H2,1-2H3. The van der Waals surface area contributed by atoms with Crippen LogP contribution >= 0.6 is 22.6 Å². The van der Waals surface area contributed by atoms with Gasteiger partial charge in [0.1, 0.15) is 6.04 Å². The van der Waals surface area contributed by atoms with Crippen LogP contribution in [0.4, 0.5) is 5.69 Å². The van der Waals surface area contributed by atoms with Gasteiger partial charge in [0, 0.05) is 15.7 Å². The van der Waals surface area contributed by atoms with Gasteiger partial charge in [-0.3, -0.25) is 14.4 Å². The molecule has 1 saturated heterocycles. The molecule has 1 atom stereocenters. The largest absolute Gasteiger partial charge is 0.322 e. The Labute approximate surface area is 201 Å². The van der Waals surface area contributed by atoms with E-state index in [0.29, 0.717) is 11.3 Å². The Kier molecular flexibility index (Phi) is 6.41. The molecule has 32 heavy (non-hydrogen) atoms. The summed E-state index contributed by atoms with van der Waals surface area (Å²) in [4.78, 5) is 42.5. The molecule has 4 rings (SSSR count). The number of hydrogen-bond donors (Lipinski definition) is 0. The van der Waals surface area contributed by atoms with Gasteiger partial charge < -0.3 is 4.90 Å². The molecule has 1 heterocycles. The predicted octanol–water partition coefficient (Wildman–Crippen LogP) is 4.88. The molecule has 0 N–H and O–H groups in total. The molecular formula is C26H23IN2O3. The number of amides is 3. The summed E-state index contributed by atoms with van der Waals surface area (Å²) in [5, 5.41) is 0. The van der Waals surface area contributed by atoms with Gasteiger partial charge in [-0.1, -0.05) is 47.5 Å². The predicted molar refractivity (Wildman–Crippen MR) is 132 cm³/mol. The van der Waals surface area contributed by atoms with Crippen LogP contribution in [-0.2, 0) is 16.1 Å². The molecule has 3 aromatic rings. The molecule has 3 aromatic carbocycles. The van der Waals surface area contributed by atoms with E-state index >= 15 is 0 Å². The van der Waals surface area contributed by atoms with Crippen LogP contribution in [0.1, 0.15) is 33.5 Å². The van der Waals surface area contributed by atoms with Crippen molar-refractivity contribution in [3.63, 3.8) is 0 Å². The van der Waals surface area contributed by atoms with Crippen LogP contribution in [0.15, 0.2) is 72.8 Å². The van der Waals surface area contributed by atoms with E-state index in [4.69, 9.17) is 0 Å². The fourth-order valence-electron chi connectivity index (χ4n) is 3.88. The zero-order valence-corrected chi connectivity index (χ0v) is 20.1. The van der Waals surface area contributed by atoms with Crippen LogP contribution in [0, 0.1) is 17.4 Å². The number of aryl methyl sites for hydroxylation is 2. The van der Waals surface area contributed by atoms with Crippen LogP contribution in [0.2, 0.25) is 0 Å². The number of carbonyl (C=O) groups excluding carboxylic acids is 3. The fourth-order valence-corrected chi connectivity index (χ4v) is 4.24. The number of benzene rings is 3. The molecule has 3 amide bonds. The van der Waals surface area contributed by atoms with Crippen molar-refractivity contribution in [2.45, 2.75) is 32.9 Å². The van der Waals surface area contributed by atoms with E-state index in [9.17, 15) is 14.4 Å². The summed E-state index contributed by atoms with van der Waals surface area (Å²) >= 11 is 2.18. The minimum absolute atomic E-state index is 0.0335. The highest BCUT2D eigenvalue weighted by Gasteiger charge is 2.44. The minimum Gasteiger partial charge on any atom is -0.322 e. The zero-order chi connectivity index (χ0) is 22.8. The molecule has 0 radical (unpaired) electrons. The van der Waals surface area contributed by atoms with E-state index in [2.05, 4.69) is 22.6 Å². The summed E-state index contributed by atoms with van der Waals surface area (Å²) in [5.41, 5.74) is 4.01. The summed E-state index contributed by atoms with van der Waals surface area (Å²) in [6.45, 7) is 4.17. The lowest BCUT2D eigenvalue weighted by molar-refractivity contribution is -0.122. The van der Waals surface area contributed by atoms with Gasteiger partial charge >= 0.3 is 0 Å². The second-order valence-electron chi connectivity index (χ2n) is 8.05. The molecule has 1 aliphatic heterocycles. The Balaban J connectivity index is 1.69. The SMILES string of the molecule is Cc1ccc(CN(C(=O)c2cccc(C)c2)C2CC(=O)N(c3ccc(I)cc3)C2=O)cc1. The van der Waals surface area contributed by atoms with Gasteiger partial charge in [0.25, 0.3) is 11.8 Å². The molecule has 1 aliphatic rings. The van der Waals surface area contributed by atoms with Crippen LogP contribution in [0.5, 0.6) is 0 Å². The molecule has 162 valence electrons. The van der Waals surface area contributed by atoms with Gasteiger partial charge in [0.05, 0.1) is 12.1 Å². The maximum absolute atomic E-state index is 13.5. The normalized spacial score (nSPS) is 15.8.